The van der Waals surface area contributed by atoms with Gasteiger partial charge in [-0.1, -0.05) is 152 Å². The maximum absolute atomic E-state index is 12.4. The van der Waals surface area contributed by atoms with Crippen LogP contribution in [0.15, 0.2) is 48.6 Å². The second-order valence-corrected chi connectivity index (χ2v) is 13.2. The van der Waals surface area contributed by atoms with Crippen molar-refractivity contribution >= 4 is 6.09 Å². The molecule has 0 heterocycles. The summed E-state index contributed by atoms with van der Waals surface area (Å²) in [6.07, 6.45) is 51.8. The molecule has 0 aromatic heterocycles. The maximum atomic E-state index is 12.4. The van der Waals surface area contributed by atoms with E-state index in [1.807, 2.05) is 7.05 Å². The lowest BCUT2D eigenvalue weighted by Gasteiger charge is -2.19. The van der Waals surface area contributed by atoms with Crippen LogP contribution in [0.5, 0.6) is 0 Å². The number of ether oxygens (including phenoxy) is 1. The van der Waals surface area contributed by atoms with Crippen molar-refractivity contribution in [1.82, 2.24) is 10.6 Å². The fourth-order valence-corrected chi connectivity index (χ4v) is 5.67. The van der Waals surface area contributed by atoms with Gasteiger partial charge in [0.15, 0.2) is 0 Å². The van der Waals surface area contributed by atoms with Gasteiger partial charge in [-0.3, -0.25) is 0 Å². The number of amides is 1. The average Bonchev–Trinajstić information content (AvgIpc) is 3.06. The molecular weight excluding hydrogens is 564 g/mol. The lowest BCUT2D eigenvalue weighted by molar-refractivity contribution is 0.139. The van der Waals surface area contributed by atoms with Gasteiger partial charge in [-0.25, -0.2) is 4.79 Å². The molecule has 0 radical (unpaired) electrons. The van der Waals surface area contributed by atoms with Crippen LogP contribution in [-0.4, -0.2) is 32.3 Å². The average molecular weight is 643 g/mol. The van der Waals surface area contributed by atoms with E-state index >= 15 is 0 Å². The minimum absolute atomic E-state index is 0.235. The topological polar surface area (TPSA) is 50.4 Å². The van der Waals surface area contributed by atoms with E-state index in [4.69, 9.17) is 4.74 Å². The van der Waals surface area contributed by atoms with E-state index in [0.29, 0.717) is 6.61 Å². The van der Waals surface area contributed by atoms with Crippen LogP contribution in [0.1, 0.15) is 187 Å². The Morgan fingerprint density at radius 3 is 1.33 bits per heavy atom. The Kier molecular flexibility index (Phi) is 37.8. The molecule has 0 fully saturated rings. The first-order valence-corrected chi connectivity index (χ1v) is 19.9. The van der Waals surface area contributed by atoms with Crippen molar-refractivity contribution in [2.75, 3.05) is 20.2 Å². The number of rotatable bonds is 35. The summed E-state index contributed by atoms with van der Waals surface area (Å²) in [7, 11) is 1.93. The number of hydrogen-bond acceptors (Lipinski definition) is 3. The molecule has 0 aliphatic heterocycles. The number of hydrogen-bond donors (Lipinski definition) is 2. The molecule has 0 unspecified atom stereocenters. The first-order valence-electron chi connectivity index (χ1n) is 19.9. The van der Waals surface area contributed by atoms with Crippen molar-refractivity contribution in [1.29, 1.82) is 0 Å². The monoisotopic (exact) mass is 643 g/mol. The molecule has 268 valence electrons. The fourth-order valence-electron chi connectivity index (χ4n) is 5.67. The van der Waals surface area contributed by atoms with Crippen LogP contribution < -0.4 is 10.6 Å². The van der Waals surface area contributed by atoms with E-state index in [2.05, 4.69) is 73.1 Å². The van der Waals surface area contributed by atoms with E-state index in [1.165, 1.54) is 141 Å². The zero-order valence-corrected chi connectivity index (χ0v) is 31.0. The van der Waals surface area contributed by atoms with Crippen LogP contribution in [0, 0.1) is 0 Å². The van der Waals surface area contributed by atoms with Gasteiger partial charge in [0.1, 0.15) is 0 Å². The number of carbonyl (C=O) groups is 1. The Morgan fingerprint density at radius 1 is 0.522 bits per heavy atom. The minimum atomic E-state index is -0.235. The van der Waals surface area contributed by atoms with Crippen molar-refractivity contribution < 1.29 is 9.53 Å². The largest absolute Gasteiger partial charge is 0.450 e. The zero-order chi connectivity index (χ0) is 33.4. The highest BCUT2D eigenvalue weighted by Gasteiger charge is 2.13. The van der Waals surface area contributed by atoms with Gasteiger partial charge in [0.2, 0.25) is 0 Å². The predicted octanol–water partition coefficient (Wildman–Crippen LogP) is 13.1. The Bertz CT molecular complexity index is 679. The van der Waals surface area contributed by atoms with Crippen molar-refractivity contribution in [3.05, 3.63) is 48.6 Å². The summed E-state index contributed by atoms with van der Waals surface area (Å²) >= 11 is 0. The Hall–Kier alpha value is -1.81. The summed E-state index contributed by atoms with van der Waals surface area (Å²) in [4.78, 5) is 12.4. The van der Waals surface area contributed by atoms with E-state index < -0.39 is 0 Å². The second kappa shape index (κ2) is 39.4. The maximum Gasteiger partial charge on any atom is 0.407 e. The van der Waals surface area contributed by atoms with Crippen molar-refractivity contribution in [2.45, 2.75) is 193 Å². The molecule has 46 heavy (non-hydrogen) atoms. The summed E-state index contributed by atoms with van der Waals surface area (Å²) in [5, 5.41) is 6.30. The third-order valence-corrected chi connectivity index (χ3v) is 8.63. The lowest BCUT2D eigenvalue weighted by Crippen LogP contribution is -2.35. The number of nitrogens with one attached hydrogen (secondary N) is 2. The fraction of sp³-hybridized carbons (Fsp3) is 0.786. The van der Waals surface area contributed by atoms with Crippen LogP contribution >= 0.6 is 0 Å². The molecule has 4 nitrogen and oxygen atoms in total. The summed E-state index contributed by atoms with van der Waals surface area (Å²) in [6.45, 7) is 5.87. The van der Waals surface area contributed by atoms with E-state index in [1.54, 1.807) is 0 Å². The summed E-state index contributed by atoms with van der Waals surface area (Å²) in [6, 6.07) is 0.244. The molecule has 0 aliphatic carbocycles. The minimum Gasteiger partial charge on any atom is -0.450 e. The van der Waals surface area contributed by atoms with Gasteiger partial charge in [-0.05, 0) is 97.1 Å². The predicted molar refractivity (Wildman–Crippen MR) is 205 cm³/mol. The Balaban J connectivity index is 4.00. The first kappa shape index (κ1) is 44.2. The van der Waals surface area contributed by atoms with Gasteiger partial charge in [-0.15, -0.1) is 0 Å². The number of carbonyl (C=O) groups excluding carboxylic acids is 1. The first-order chi connectivity index (χ1) is 22.7. The number of allylic oxidation sites excluding steroid dienone is 8. The molecule has 0 aliphatic rings. The van der Waals surface area contributed by atoms with E-state index in [-0.39, 0.29) is 12.1 Å². The van der Waals surface area contributed by atoms with Crippen molar-refractivity contribution in [3.8, 4) is 0 Å². The molecule has 0 atom stereocenters. The van der Waals surface area contributed by atoms with E-state index in [9.17, 15) is 4.79 Å². The summed E-state index contributed by atoms with van der Waals surface area (Å²) in [5.74, 6) is 0. The summed E-state index contributed by atoms with van der Waals surface area (Å²) in [5.41, 5.74) is 0. The normalized spacial score (nSPS) is 12.2. The third-order valence-electron chi connectivity index (χ3n) is 8.63. The molecule has 1 amide bonds. The van der Waals surface area contributed by atoms with Crippen LogP contribution in [0.2, 0.25) is 0 Å². The molecule has 0 bridgehead atoms. The van der Waals surface area contributed by atoms with Crippen LogP contribution in [0.25, 0.3) is 0 Å². The Morgan fingerprint density at radius 2 is 0.913 bits per heavy atom. The number of unbranched alkanes of at least 4 members (excludes halogenated alkanes) is 18. The molecule has 0 saturated carbocycles. The van der Waals surface area contributed by atoms with Gasteiger partial charge >= 0.3 is 6.09 Å². The van der Waals surface area contributed by atoms with Crippen LogP contribution in [0.4, 0.5) is 4.79 Å². The van der Waals surface area contributed by atoms with E-state index in [0.717, 1.165) is 38.6 Å². The van der Waals surface area contributed by atoms with Gasteiger partial charge < -0.3 is 15.4 Å². The van der Waals surface area contributed by atoms with Gasteiger partial charge in [-0.2, -0.15) is 0 Å². The standard InChI is InChI=1S/C42H78N2O2/c1-4-6-8-10-12-14-16-18-20-22-24-26-28-30-32-34-37-41(44-42(45)46-40-36-39-43-3)38-35-33-31-29-27-25-23-21-19-17-15-13-11-9-7-5-2/h12-15,18-21,41,43H,4-11,16-17,22-40H2,1-3H3,(H,44,45)/b14-12-,15-13-,20-18-,21-19-. The lowest BCUT2D eigenvalue weighted by atomic mass is 10.00. The van der Waals surface area contributed by atoms with Crippen molar-refractivity contribution in [3.63, 3.8) is 0 Å². The number of alkyl carbamates (subject to hydrolysis) is 1. The second-order valence-electron chi connectivity index (χ2n) is 13.2. The van der Waals surface area contributed by atoms with Crippen LogP contribution in [0.3, 0.4) is 0 Å². The van der Waals surface area contributed by atoms with Gasteiger partial charge in [0, 0.05) is 6.04 Å². The highest BCUT2D eigenvalue weighted by molar-refractivity contribution is 5.67. The van der Waals surface area contributed by atoms with Crippen LogP contribution in [-0.2, 0) is 4.74 Å². The smallest absolute Gasteiger partial charge is 0.407 e. The summed E-state index contributed by atoms with van der Waals surface area (Å²) < 4.78 is 5.43. The molecule has 2 N–H and O–H groups in total. The zero-order valence-electron chi connectivity index (χ0n) is 31.0. The van der Waals surface area contributed by atoms with Gasteiger partial charge in [0.25, 0.3) is 0 Å². The molecule has 0 rings (SSSR count). The quantitative estimate of drug-likeness (QED) is 0.0534. The molecule has 0 aromatic carbocycles. The molecule has 0 spiro atoms. The molecule has 0 saturated heterocycles. The third kappa shape index (κ3) is 36.7. The molecule has 0 aromatic rings. The highest BCUT2D eigenvalue weighted by atomic mass is 16.5. The van der Waals surface area contributed by atoms with Crippen molar-refractivity contribution in [2.24, 2.45) is 0 Å². The molecule has 4 heteroatoms. The highest BCUT2D eigenvalue weighted by Crippen LogP contribution is 2.16. The Labute approximate surface area is 287 Å². The SMILES string of the molecule is CCCCC/C=C\C/C=C\CCCCCCCCC(CCCCCCCC/C=C\C/C=C\CCCCC)NC(=O)OCCCNC. The van der Waals surface area contributed by atoms with Gasteiger partial charge in [0.05, 0.1) is 6.61 Å². The molecular formula is C42H78N2O2.